The van der Waals surface area contributed by atoms with Gasteiger partial charge in [-0.1, -0.05) is 11.8 Å². The fraction of sp³-hybridized carbons (Fsp3) is 0.364. The number of aliphatic hydroxyl groups excluding tert-OH is 2. The Hall–Kier alpha value is -1.44. The minimum atomic E-state index is -1.44. The number of rotatable bonds is 5. The minimum absolute atomic E-state index is 0.0217. The van der Waals surface area contributed by atoms with Gasteiger partial charge in [0.2, 0.25) is 0 Å². The van der Waals surface area contributed by atoms with Gasteiger partial charge in [-0.2, -0.15) is 0 Å². The normalized spacial score (nSPS) is 13.9. The van der Waals surface area contributed by atoms with Crippen LogP contribution in [0, 0.1) is 0 Å². The zero-order valence-corrected chi connectivity index (χ0v) is 10.4. The van der Waals surface area contributed by atoms with E-state index in [1.165, 1.54) is 25.3 Å². The van der Waals surface area contributed by atoms with E-state index in [2.05, 4.69) is 4.98 Å². The van der Waals surface area contributed by atoms with E-state index in [0.717, 1.165) is 11.8 Å². The summed E-state index contributed by atoms with van der Waals surface area (Å²) in [5, 5.41) is 28.2. The second-order valence-electron chi connectivity index (χ2n) is 3.56. The number of aliphatic hydroxyl groups is 2. The maximum absolute atomic E-state index is 10.9. The number of hydrogen-bond donors (Lipinski definition) is 3. The van der Waals surface area contributed by atoms with Crippen LogP contribution in [0.3, 0.4) is 0 Å². The summed E-state index contributed by atoms with van der Waals surface area (Å²) in [6.45, 7) is 1.34. The zero-order valence-electron chi connectivity index (χ0n) is 9.61. The van der Waals surface area contributed by atoms with E-state index in [-0.39, 0.29) is 22.1 Å². The Labute approximate surface area is 108 Å². The summed E-state index contributed by atoms with van der Waals surface area (Å²) < 4.78 is 0. The van der Waals surface area contributed by atoms with Gasteiger partial charge in [-0.25, -0.2) is 4.79 Å². The molecule has 0 bridgehead atoms. The van der Waals surface area contributed by atoms with E-state index >= 15 is 0 Å². The fourth-order valence-electron chi connectivity index (χ4n) is 1.31. The van der Waals surface area contributed by atoms with Crippen LogP contribution < -0.4 is 0 Å². The van der Waals surface area contributed by atoms with E-state index < -0.39 is 18.2 Å². The van der Waals surface area contributed by atoms with Crippen LogP contribution in [-0.2, 0) is 4.79 Å². The van der Waals surface area contributed by atoms with E-state index in [9.17, 15) is 19.8 Å². The maximum Gasteiger partial charge on any atom is 0.337 e. The highest BCUT2D eigenvalue weighted by Crippen LogP contribution is 2.21. The van der Waals surface area contributed by atoms with E-state index in [1.807, 2.05) is 0 Å². The van der Waals surface area contributed by atoms with E-state index in [1.54, 1.807) is 0 Å². The van der Waals surface area contributed by atoms with Gasteiger partial charge in [0.25, 0.3) is 0 Å². The third kappa shape index (κ3) is 3.80. The molecule has 0 aliphatic carbocycles. The topological polar surface area (TPSA) is 108 Å². The lowest BCUT2D eigenvalue weighted by atomic mass is 10.1. The number of aromatic nitrogens is 1. The van der Waals surface area contributed by atoms with Crippen LogP contribution in [0.4, 0.5) is 0 Å². The van der Waals surface area contributed by atoms with Crippen LogP contribution >= 0.6 is 11.8 Å². The Kier molecular flexibility index (Phi) is 5.26. The molecule has 18 heavy (non-hydrogen) atoms. The predicted octanol–water partition coefficient (Wildman–Crippen LogP) is 0.454. The Balaban J connectivity index is 2.86. The molecule has 0 aromatic carbocycles. The van der Waals surface area contributed by atoms with Gasteiger partial charge < -0.3 is 15.3 Å². The minimum Gasteiger partial charge on any atom is -0.478 e. The van der Waals surface area contributed by atoms with Gasteiger partial charge in [-0.3, -0.25) is 9.78 Å². The molecule has 1 rings (SSSR count). The standard InChI is InChI=1S/C11H13NO5S/c1-6(13)18-5-8(14)10(15)9-7(11(16)17)3-2-4-12-9/h2-4,8,10,14-15H,5H2,1H3,(H,16,17). The number of aromatic carboxylic acids is 1. The highest BCUT2D eigenvalue weighted by atomic mass is 32.2. The summed E-state index contributed by atoms with van der Waals surface area (Å²) in [7, 11) is 0. The Morgan fingerprint density at radius 3 is 2.67 bits per heavy atom. The Bertz CT molecular complexity index is 451. The van der Waals surface area contributed by atoms with Crippen molar-refractivity contribution in [1.82, 2.24) is 4.98 Å². The second-order valence-corrected chi connectivity index (χ2v) is 4.75. The largest absolute Gasteiger partial charge is 0.478 e. The summed E-state index contributed by atoms with van der Waals surface area (Å²) >= 11 is 0.853. The third-order valence-corrected chi connectivity index (χ3v) is 3.09. The van der Waals surface area contributed by atoms with Crippen molar-refractivity contribution in [2.24, 2.45) is 0 Å². The average molecular weight is 271 g/mol. The molecule has 3 N–H and O–H groups in total. The van der Waals surface area contributed by atoms with Gasteiger partial charge in [-0.05, 0) is 12.1 Å². The highest BCUT2D eigenvalue weighted by Gasteiger charge is 2.25. The van der Waals surface area contributed by atoms with Crippen LogP contribution in [0.25, 0.3) is 0 Å². The van der Waals surface area contributed by atoms with Gasteiger partial charge in [0.15, 0.2) is 5.12 Å². The number of hydrogen-bond acceptors (Lipinski definition) is 6. The third-order valence-electron chi connectivity index (χ3n) is 2.17. The van der Waals surface area contributed by atoms with Crippen LogP contribution in [0.2, 0.25) is 0 Å². The lowest BCUT2D eigenvalue weighted by Gasteiger charge is -2.17. The van der Waals surface area contributed by atoms with Crippen molar-refractivity contribution in [3.8, 4) is 0 Å². The number of carbonyl (C=O) groups excluding carboxylic acids is 1. The molecule has 1 aromatic rings. The Morgan fingerprint density at radius 1 is 1.44 bits per heavy atom. The summed E-state index contributed by atoms with van der Waals surface area (Å²) in [5.41, 5.74) is -0.279. The predicted molar refractivity (Wildman–Crippen MR) is 65.3 cm³/mol. The SMILES string of the molecule is CC(=O)SCC(O)C(O)c1ncccc1C(=O)O. The molecular weight excluding hydrogens is 258 g/mol. The lowest BCUT2D eigenvalue weighted by Crippen LogP contribution is -2.24. The number of nitrogens with zero attached hydrogens (tertiary/aromatic N) is 1. The first-order valence-electron chi connectivity index (χ1n) is 5.11. The number of carbonyl (C=O) groups is 2. The summed E-state index contributed by atoms with van der Waals surface area (Å²) in [6.07, 6.45) is -1.37. The molecule has 0 amide bonds. The van der Waals surface area contributed by atoms with Crippen molar-refractivity contribution in [3.63, 3.8) is 0 Å². The number of thioether (sulfide) groups is 1. The first kappa shape index (κ1) is 14.6. The molecule has 1 heterocycles. The molecule has 0 radical (unpaired) electrons. The molecule has 1 aromatic heterocycles. The van der Waals surface area contributed by atoms with Gasteiger partial charge in [0.05, 0.1) is 17.4 Å². The van der Waals surface area contributed by atoms with Crippen LogP contribution in [0.5, 0.6) is 0 Å². The van der Waals surface area contributed by atoms with E-state index in [0.29, 0.717) is 0 Å². The molecule has 0 aliphatic heterocycles. The highest BCUT2D eigenvalue weighted by molar-refractivity contribution is 8.13. The summed E-state index contributed by atoms with van der Waals surface area (Å²) in [5.74, 6) is -1.25. The molecular formula is C11H13NO5S. The van der Waals surface area contributed by atoms with Gasteiger partial charge in [0, 0.05) is 18.9 Å². The molecule has 2 unspecified atom stereocenters. The summed E-state index contributed by atoms with van der Waals surface area (Å²) in [6, 6.07) is 2.72. The molecule has 0 saturated carbocycles. The smallest absolute Gasteiger partial charge is 0.337 e. The second kappa shape index (κ2) is 6.48. The molecule has 98 valence electrons. The monoisotopic (exact) mass is 271 g/mol. The van der Waals surface area contributed by atoms with Gasteiger partial charge >= 0.3 is 5.97 Å². The number of carboxylic acids is 1. The zero-order chi connectivity index (χ0) is 13.7. The van der Waals surface area contributed by atoms with Crippen molar-refractivity contribution in [2.45, 2.75) is 19.1 Å². The first-order chi connectivity index (χ1) is 8.43. The Morgan fingerprint density at radius 2 is 2.11 bits per heavy atom. The van der Waals surface area contributed by atoms with Crippen LogP contribution in [0.1, 0.15) is 29.1 Å². The van der Waals surface area contributed by atoms with Crippen molar-refractivity contribution in [1.29, 1.82) is 0 Å². The van der Waals surface area contributed by atoms with Gasteiger partial charge in [0.1, 0.15) is 6.10 Å². The molecule has 0 aliphatic rings. The van der Waals surface area contributed by atoms with Crippen molar-refractivity contribution < 1.29 is 24.9 Å². The fourth-order valence-corrected chi connectivity index (χ4v) is 1.90. The lowest BCUT2D eigenvalue weighted by molar-refractivity contribution is -0.109. The average Bonchev–Trinajstić information content (AvgIpc) is 2.34. The molecule has 0 saturated heterocycles. The van der Waals surface area contributed by atoms with Crippen LogP contribution in [-0.4, -0.2) is 43.2 Å². The maximum atomic E-state index is 10.9. The van der Waals surface area contributed by atoms with Crippen molar-refractivity contribution in [2.75, 3.05) is 5.75 Å². The first-order valence-corrected chi connectivity index (χ1v) is 6.09. The van der Waals surface area contributed by atoms with Crippen LogP contribution in [0.15, 0.2) is 18.3 Å². The molecule has 6 nitrogen and oxygen atoms in total. The van der Waals surface area contributed by atoms with Crippen molar-refractivity contribution in [3.05, 3.63) is 29.6 Å². The van der Waals surface area contributed by atoms with Gasteiger partial charge in [-0.15, -0.1) is 0 Å². The quantitative estimate of drug-likeness (QED) is 0.713. The molecule has 7 heteroatoms. The molecule has 2 atom stereocenters. The van der Waals surface area contributed by atoms with Crippen molar-refractivity contribution >= 4 is 22.8 Å². The summed E-state index contributed by atoms with van der Waals surface area (Å²) in [4.78, 5) is 25.4. The number of carboxylic acid groups (broad SMARTS) is 1. The van der Waals surface area contributed by atoms with E-state index in [4.69, 9.17) is 5.11 Å². The number of pyridine rings is 1. The molecule has 0 fully saturated rings. The molecule has 0 spiro atoms.